The summed E-state index contributed by atoms with van der Waals surface area (Å²) in [6, 6.07) is 19.3. The molecule has 2 amide bonds. The number of carbonyl (C=O) groups excluding carboxylic acids is 2. The van der Waals surface area contributed by atoms with Crippen molar-refractivity contribution in [2.75, 3.05) is 6.61 Å². The summed E-state index contributed by atoms with van der Waals surface area (Å²) in [6.45, 7) is 4.68. The lowest BCUT2D eigenvalue weighted by Gasteiger charge is -2.13. The third-order valence-electron chi connectivity index (χ3n) is 5.42. The number of nitrogens with zero attached hydrogens (tertiary/aromatic N) is 2. The minimum atomic E-state index is -0.513. The first-order valence-corrected chi connectivity index (χ1v) is 12.1. The van der Waals surface area contributed by atoms with E-state index in [4.69, 9.17) is 9.47 Å². The number of benzene rings is 3. The molecule has 36 heavy (non-hydrogen) atoms. The highest BCUT2D eigenvalue weighted by atomic mass is 32.2. The number of hydrogen-bond acceptors (Lipinski definition) is 7. The van der Waals surface area contributed by atoms with Crippen LogP contribution in [0.1, 0.15) is 29.2 Å². The van der Waals surface area contributed by atoms with Gasteiger partial charge in [-0.25, -0.2) is 0 Å². The van der Waals surface area contributed by atoms with Gasteiger partial charge in [-0.15, -0.1) is 0 Å². The predicted molar refractivity (Wildman–Crippen MR) is 138 cm³/mol. The summed E-state index contributed by atoms with van der Waals surface area (Å²) in [7, 11) is 0. The second-order valence-electron chi connectivity index (χ2n) is 8.11. The Morgan fingerprint density at radius 3 is 2.47 bits per heavy atom. The minimum Gasteiger partial charge on any atom is -0.490 e. The molecule has 1 fully saturated rings. The summed E-state index contributed by atoms with van der Waals surface area (Å²) in [5.74, 6) is 0.664. The Labute approximate surface area is 212 Å². The zero-order chi connectivity index (χ0) is 25.7. The van der Waals surface area contributed by atoms with Gasteiger partial charge >= 0.3 is 0 Å². The van der Waals surface area contributed by atoms with Crippen molar-refractivity contribution in [1.29, 1.82) is 0 Å². The van der Waals surface area contributed by atoms with Gasteiger partial charge in [0.15, 0.2) is 11.5 Å². The van der Waals surface area contributed by atoms with Crippen LogP contribution in [-0.4, -0.2) is 27.6 Å². The maximum absolute atomic E-state index is 12.9. The smallest absolute Gasteiger partial charge is 0.293 e. The van der Waals surface area contributed by atoms with E-state index in [9.17, 15) is 19.7 Å². The van der Waals surface area contributed by atoms with E-state index in [1.54, 1.807) is 30.3 Å². The summed E-state index contributed by atoms with van der Waals surface area (Å²) >= 11 is 0.831. The Kier molecular flexibility index (Phi) is 7.70. The topological polar surface area (TPSA) is 99.0 Å². The van der Waals surface area contributed by atoms with Crippen LogP contribution in [0.5, 0.6) is 11.5 Å². The first kappa shape index (κ1) is 25.0. The Bertz CT molecular complexity index is 1340. The highest BCUT2D eigenvalue weighted by Crippen LogP contribution is 2.36. The van der Waals surface area contributed by atoms with Crippen molar-refractivity contribution in [3.8, 4) is 11.5 Å². The van der Waals surface area contributed by atoms with Crippen LogP contribution >= 0.6 is 11.8 Å². The zero-order valence-corrected chi connectivity index (χ0v) is 20.6. The molecule has 3 aromatic rings. The Morgan fingerprint density at radius 1 is 0.972 bits per heavy atom. The van der Waals surface area contributed by atoms with Crippen molar-refractivity contribution >= 4 is 34.7 Å². The molecule has 1 aliphatic rings. The van der Waals surface area contributed by atoms with E-state index in [2.05, 4.69) is 0 Å². The molecular formula is C27H24N2O6S. The molecule has 8 nitrogen and oxygen atoms in total. The van der Waals surface area contributed by atoms with Gasteiger partial charge in [0.1, 0.15) is 6.61 Å². The van der Waals surface area contributed by atoms with Crippen LogP contribution in [0.25, 0.3) is 6.08 Å². The average molecular weight is 505 g/mol. The SMILES string of the molecule is CCOc1cc(/C=C2/SC(=O)N(Cc3cccc([N+](=O)[O-])c3)C2=O)ccc1OCc1ccc(C)cc1. The number of hydrogen-bond donors (Lipinski definition) is 0. The Balaban J connectivity index is 1.50. The van der Waals surface area contributed by atoms with E-state index in [-0.39, 0.29) is 17.1 Å². The maximum Gasteiger partial charge on any atom is 0.293 e. The standard InChI is InChI=1S/C27H24N2O6S/c1-3-34-24-14-20(11-12-23(24)35-17-19-9-7-18(2)8-10-19)15-25-26(30)28(27(31)36-25)16-21-5-4-6-22(13-21)29(32)33/h4-15H,3,16-17H2,1-2H3/b25-15+. The molecule has 3 aromatic carbocycles. The molecule has 0 aliphatic carbocycles. The normalized spacial score (nSPS) is 14.4. The van der Waals surface area contributed by atoms with Crippen molar-refractivity contribution in [2.45, 2.75) is 27.0 Å². The van der Waals surface area contributed by atoms with Crippen molar-refractivity contribution in [3.63, 3.8) is 0 Å². The summed E-state index contributed by atoms with van der Waals surface area (Å²) in [4.78, 5) is 37.3. The second-order valence-corrected chi connectivity index (χ2v) is 9.10. The van der Waals surface area contributed by atoms with Gasteiger partial charge in [-0.3, -0.25) is 24.6 Å². The van der Waals surface area contributed by atoms with Gasteiger partial charge in [-0.05, 0) is 60.5 Å². The lowest BCUT2D eigenvalue weighted by Crippen LogP contribution is -2.27. The van der Waals surface area contributed by atoms with Gasteiger partial charge in [0, 0.05) is 12.1 Å². The van der Waals surface area contributed by atoms with Gasteiger partial charge < -0.3 is 9.47 Å². The molecule has 1 saturated heterocycles. The summed E-state index contributed by atoms with van der Waals surface area (Å²) in [6.07, 6.45) is 1.63. The van der Waals surface area contributed by atoms with Gasteiger partial charge in [-0.2, -0.15) is 0 Å². The molecule has 1 aliphatic heterocycles. The van der Waals surface area contributed by atoms with E-state index >= 15 is 0 Å². The Morgan fingerprint density at radius 2 is 1.75 bits per heavy atom. The van der Waals surface area contributed by atoms with E-state index in [0.29, 0.717) is 35.8 Å². The number of aryl methyl sites for hydroxylation is 1. The van der Waals surface area contributed by atoms with Gasteiger partial charge in [-0.1, -0.05) is 48.0 Å². The van der Waals surface area contributed by atoms with Crippen LogP contribution in [0.4, 0.5) is 10.5 Å². The van der Waals surface area contributed by atoms with Crippen LogP contribution in [0.2, 0.25) is 0 Å². The number of thioether (sulfide) groups is 1. The number of nitro benzene ring substituents is 1. The molecule has 0 saturated carbocycles. The van der Waals surface area contributed by atoms with Crippen LogP contribution in [-0.2, 0) is 17.9 Å². The lowest BCUT2D eigenvalue weighted by atomic mass is 10.1. The first-order valence-electron chi connectivity index (χ1n) is 11.3. The molecule has 0 spiro atoms. The Hall–Kier alpha value is -4.11. The molecule has 0 N–H and O–H groups in total. The van der Waals surface area contributed by atoms with E-state index in [1.165, 1.54) is 23.8 Å². The van der Waals surface area contributed by atoms with E-state index < -0.39 is 16.1 Å². The maximum atomic E-state index is 12.9. The lowest BCUT2D eigenvalue weighted by molar-refractivity contribution is -0.384. The number of ether oxygens (including phenoxy) is 2. The zero-order valence-electron chi connectivity index (χ0n) is 19.8. The molecule has 0 radical (unpaired) electrons. The summed E-state index contributed by atoms with van der Waals surface area (Å²) in [5.41, 5.74) is 3.30. The molecule has 0 atom stereocenters. The molecule has 9 heteroatoms. The van der Waals surface area contributed by atoms with Gasteiger partial charge in [0.2, 0.25) is 0 Å². The van der Waals surface area contributed by atoms with Crippen LogP contribution in [0.15, 0.2) is 71.6 Å². The summed E-state index contributed by atoms with van der Waals surface area (Å²) in [5, 5.41) is 10.6. The third-order valence-corrected chi connectivity index (χ3v) is 6.32. The number of rotatable bonds is 9. The number of non-ortho nitro benzene ring substituents is 1. The number of nitro groups is 1. The molecule has 0 bridgehead atoms. The van der Waals surface area contributed by atoms with Crippen molar-refractivity contribution in [2.24, 2.45) is 0 Å². The number of amides is 2. The van der Waals surface area contributed by atoms with Gasteiger partial charge in [0.25, 0.3) is 16.8 Å². The van der Waals surface area contributed by atoms with E-state index in [0.717, 1.165) is 22.2 Å². The first-order chi connectivity index (χ1) is 17.3. The largest absolute Gasteiger partial charge is 0.490 e. The molecule has 184 valence electrons. The molecule has 0 unspecified atom stereocenters. The monoisotopic (exact) mass is 504 g/mol. The highest BCUT2D eigenvalue weighted by Gasteiger charge is 2.35. The van der Waals surface area contributed by atoms with Crippen molar-refractivity contribution < 1.29 is 24.0 Å². The quantitative estimate of drug-likeness (QED) is 0.197. The molecule has 4 rings (SSSR count). The number of imide groups is 1. The third kappa shape index (κ3) is 5.92. The van der Waals surface area contributed by atoms with Crippen molar-refractivity contribution in [1.82, 2.24) is 4.90 Å². The van der Waals surface area contributed by atoms with Crippen LogP contribution < -0.4 is 9.47 Å². The van der Waals surface area contributed by atoms with E-state index in [1.807, 2.05) is 38.1 Å². The van der Waals surface area contributed by atoms with Gasteiger partial charge in [0.05, 0.1) is 23.0 Å². The average Bonchev–Trinajstić information content (AvgIpc) is 3.12. The predicted octanol–water partition coefficient (Wildman–Crippen LogP) is 6.12. The minimum absolute atomic E-state index is 0.0420. The number of carbonyl (C=O) groups is 2. The van der Waals surface area contributed by atoms with Crippen molar-refractivity contribution in [3.05, 3.63) is 104 Å². The molecular weight excluding hydrogens is 480 g/mol. The fraction of sp³-hybridized carbons (Fsp3) is 0.185. The molecule has 1 heterocycles. The summed E-state index contributed by atoms with van der Waals surface area (Å²) < 4.78 is 11.7. The fourth-order valence-electron chi connectivity index (χ4n) is 3.59. The second kappa shape index (κ2) is 11.1. The fourth-order valence-corrected chi connectivity index (χ4v) is 4.42. The van der Waals surface area contributed by atoms with Crippen LogP contribution in [0.3, 0.4) is 0 Å². The van der Waals surface area contributed by atoms with Crippen LogP contribution in [0, 0.1) is 17.0 Å². The highest BCUT2D eigenvalue weighted by molar-refractivity contribution is 8.18. The molecule has 0 aromatic heterocycles.